The third-order valence-electron chi connectivity index (χ3n) is 5.95. The van der Waals surface area contributed by atoms with Crippen molar-refractivity contribution in [3.8, 4) is 11.4 Å². The van der Waals surface area contributed by atoms with Crippen molar-refractivity contribution in [1.82, 2.24) is 29.7 Å². The van der Waals surface area contributed by atoms with E-state index >= 15 is 0 Å². The molecule has 0 aliphatic carbocycles. The lowest BCUT2D eigenvalue weighted by molar-refractivity contribution is -0.141. The number of aliphatic hydroxyl groups is 1. The number of ether oxygens (including phenoxy) is 1. The Morgan fingerprint density at radius 2 is 1.85 bits per heavy atom. The van der Waals surface area contributed by atoms with Crippen LogP contribution in [0.25, 0.3) is 21.6 Å². The number of amides is 1. The highest BCUT2D eigenvalue weighted by Crippen LogP contribution is 2.35. The molecule has 10 nitrogen and oxygen atoms in total. The summed E-state index contributed by atoms with van der Waals surface area (Å²) in [7, 11) is 0. The molecule has 3 aromatic rings. The highest BCUT2D eigenvalue weighted by Gasteiger charge is 2.25. The predicted octanol–water partition coefficient (Wildman–Crippen LogP) is 1.01. The van der Waals surface area contributed by atoms with Gasteiger partial charge in [0.15, 0.2) is 11.6 Å². The third kappa shape index (κ3) is 4.81. The molecular formula is C22H27N7O3S. The Hall–Kier alpha value is -2.73. The molecule has 0 radical (unpaired) electrons. The number of nitrogens with zero attached hydrogens (tertiary/aromatic N) is 7. The van der Waals surface area contributed by atoms with Crippen LogP contribution in [0, 0.1) is 0 Å². The van der Waals surface area contributed by atoms with E-state index in [4.69, 9.17) is 14.7 Å². The predicted molar refractivity (Wildman–Crippen MR) is 125 cm³/mol. The average molecular weight is 470 g/mol. The van der Waals surface area contributed by atoms with Crippen LogP contribution in [0.4, 0.5) is 5.82 Å². The van der Waals surface area contributed by atoms with E-state index < -0.39 is 6.10 Å². The highest BCUT2D eigenvalue weighted by atomic mass is 32.1. The van der Waals surface area contributed by atoms with Crippen molar-refractivity contribution >= 4 is 33.3 Å². The molecule has 5 rings (SSSR count). The molecule has 3 aromatic heterocycles. The molecule has 2 aliphatic heterocycles. The summed E-state index contributed by atoms with van der Waals surface area (Å²) in [5.74, 6) is 1.37. The topological polar surface area (TPSA) is 108 Å². The van der Waals surface area contributed by atoms with Crippen molar-refractivity contribution < 1.29 is 14.6 Å². The first kappa shape index (κ1) is 22.1. The summed E-state index contributed by atoms with van der Waals surface area (Å²) in [5.41, 5.74) is 1.72. The molecule has 2 fully saturated rings. The Morgan fingerprint density at radius 1 is 1.12 bits per heavy atom. The van der Waals surface area contributed by atoms with Gasteiger partial charge in [0.1, 0.15) is 12.4 Å². The van der Waals surface area contributed by atoms with Crippen molar-refractivity contribution in [2.75, 3.05) is 57.4 Å². The second-order valence-corrected chi connectivity index (χ2v) is 9.44. The molecule has 174 valence electrons. The molecule has 0 aromatic carbocycles. The van der Waals surface area contributed by atoms with Crippen LogP contribution >= 0.6 is 11.3 Å². The summed E-state index contributed by atoms with van der Waals surface area (Å²) in [6, 6.07) is 2.15. The molecule has 11 heteroatoms. The fraction of sp³-hybridized carbons (Fsp3) is 0.500. The number of hydrogen-bond acceptors (Lipinski definition) is 10. The van der Waals surface area contributed by atoms with Crippen LogP contribution in [-0.2, 0) is 16.1 Å². The molecule has 1 atom stereocenters. The number of fused-ring (bicyclic) bond motifs is 1. The molecule has 0 saturated carbocycles. The molecular weight excluding hydrogens is 442 g/mol. The van der Waals surface area contributed by atoms with Crippen molar-refractivity contribution in [1.29, 1.82) is 0 Å². The summed E-state index contributed by atoms with van der Waals surface area (Å²) in [4.78, 5) is 37.6. The Labute approximate surface area is 195 Å². The molecule has 33 heavy (non-hydrogen) atoms. The maximum Gasteiger partial charge on any atom is 0.251 e. The van der Waals surface area contributed by atoms with Crippen molar-refractivity contribution in [2.45, 2.75) is 19.6 Å². The number of aliphatic hydroxyl groups excluding tert-OH is 1. The molecule has 0 bridgehead atoms. The first-order valence-corrected chi connectivity index (χ1v) is 12.0. The third-order valence-corrected chi connectivity index (χ3v) is 7.06. The van der Waals surface area contributed by atoms with Gasteiger partial charge in [0.2, 0.25) is 0 Å². The van der Waals surface area contributed by atoms with E-state index in [1.165, 1.54) is 18.1 Å². The Kier molecular flexibility index (Phi) is 6.45. The fourth-order valence-electron chi connectivity index (χ4n) is 4.19. The summed E-state index contributed by atoms with van der Waals surface area (Å²) >= 11 is 1.73. The van der Waals surface area contributed by atoms with E-state index in [2.05, 4.69) is 25.8 Å². The zero-order chi connectivity index (χ0) is 22.8. The molecule has 5 heterocycles. The number of piperazine rings is 1. The summed E-state index contributed by atoms with van der Waals surface area (Å²) < 4.78 is 6.62. The van der Waals surface area contributed by atoms with Gasteiger partial charge in [-0.05, 0) is 13.0 Å². The van der Waals surface area contributed by atoms with E-state index in [-0.39, 0.29) is 5.91 Å². The van der Waals surface area contributed by atoms with Crippen LogP contribution in [0.15, 0.2) is 24.8 Å². The van der Waals surface area contributed by atoms with Gasteiger partial charge in [0, 0.05) is 63.1 Å². The van der Waals surface area contributed by atoms with Crippen LogP contribution < -0.4 is 4.90 Å². The molecule has 1 N–H and O–H groups in total. The summed E-state index contributed by atoms with van der Waals surface area (Å²) in [6.07, 6.45) is 4.03. The molecule has 0 spiro atoms. The first-order chi connectivity index (χ1) is 16.1. The normalized spacial score (nSPS) is 18.6. The minimum Gasteiger partial charge on any atom is -0.384 e. The standard InChI is InChI=1S/C22H27N7O3S/c1-15(30)22(31)29-4-2-27(3-5-29)13-17-10-18-19(33-17)21(28-6-8-32-9-7-28)26-20(25-18)16-11-23-14-24-12-16/h10-12,14-15,30H,2-9,13H2,1H3/t15-/m0/s1. The van der Waals surface area contributed by atoms with Gasteiger partial charge in [-0.1, -0.05) is 0 Å². The van der Waals surface area contributed by atoms with Gasteiger partial charge in [0.05, 0.1) is 29.0 Å². The number of carbonyl (C=O) groups excluding carboxylic acids is 1. The van der Waals surface area contributed by atoms with Gasteiger partial charge in [-0.3, -0.25) is 9.69 Å². The second-order valence-electron chi connectivity index (χ2n) is 8.30. The van der Waals surface area contributed by atoms with Crippen molar-refractivity contribution in [2.24, 2.45) is 0 Å². The molecule has 2 saturated heterocycles. The number of aromatic nitrogens is 4. The van der Waals surface area contributed by atoms with Crippen molar-refractivity contribution in [3.05, 3.63) is 29.7 Å². The first-order valence-electron chi connectivity index (χ1n) is 11.2. The van der Waals surface area contributed by atoms with E-state index in [9.17, 15) is 9.90 Å². The quantitative estimate of drug-likeness (QED) is 0.586. The highest BCUT2D eigenvalue weighted by molar-refractivity contribution is 7.19. The van der Waals surface area contributed by atoms with Gasteiger partial charge in [-0.15, -0.1) is 11.3 Å². The van der Waals surface area contributed by atoms with E-state index in [0.717, 1.165) is 54.3 Å². The van der Waals surface area contributed by atoms with Gasteiger partial charge in [-0.25, -0.2) is 19.9 Å². The lowest BCUT2D eigenvalue weighted by atomic mass is 10.2. The number of anilines is 1. The lowest BCUT2D eigenvalue weighted by Crippen LogP contribution is -2.50. The molecule has 2 aliphatic rings. The zero-order valence-corrected chi connectivity index (χ0v) is 19.4. The second kappa shape index (κ2) is 9.64. The Balaban J connectivity index is 1.40. The number of hydrogen-bond donors (Lipinski definition) is 1. The van der Waals surface area contributed by atoms with Gasteiger partial charge >= 0.3 is 0 Å². The van der Waals surface area contributed by atoms with E-state index in [1.807, 2.05) is 0 Å². The fourth-order valence-corrected chi connectivity index (χ4v) is 5.34. The van der Waals surface area contributed by atoms with Gasteiger partial charge < -0.3 is 19.6 Å². The summed E-state index contributed by atoms with van der Waals surface area (Å²) in [5, 5.41) is 9.56. The van der Waals surface area contributed by atoms with Gasteiger partial charge in [-0.2, -0.15) is 0 Å². The van der Waals surface area contributed by atoms with Crippen LogP contribution in [0.1, 0.15) is 11.8 Å². The minimum atomic E-state index is -0.944. The number of morpholine rings is 1. The molecule has 1 amide bonds. The number of rotatable bonds is 5. The Bertz CT molecular complexity index is 1110. The zero-order valence-electron chi connectivity index (χ0n) is 18.6. The monoisotopic (exact) mass is 469 g/mol. The van der Waals surface area contributed by atoms with E-state index in [1.54, 1.807) is 28.6 Å². The SMILES string of the molecule is C[C@H](O)C(=O)N1CCN(Cc2cc3nc(-c4cncnc4)nc(N4CCOCC4)c3s2)CC1. The largest absolute Gasteiger partial charge is 0.384 e. The van der Waals surface area contributed by atoms with Gasteiger partial charge in [0.25, 0.3) is 5.91 Å². The molecule has 0 unspecified atom stereocenters. The average Bonchev–Trinajstić information content (AvgIpc) is 3.26. The van der Waals surface area contributed by atoms with Crippen molar-refractivity contribution in [3.63, 3.8) is 0 Å². The Morgan fingerprint density at radius 3 is 2.55 bits per heavy atom. The smallest absolute Gasteiger partial charge is 0.251 e. The van der Waals surface area contributed by atoms with Crippen LogP contribution in [0.2, 0.25) is 0 Å². The number of carbonyl (C=O) groups is 1. The van der Waals surface area contributed by atoms with Crippen LogP contribution in [-0.4, -0.2) is 99.3 Å². The number of thiophene rings is 1. The lowest BCUT2D eigenvalue weighted by Gasteiger charge is -2.35. The van der Waals surface area contributed by atoms with E-state index in [0.29, 0.717) is 32.1 Å². The van der Waals surface area contributed by atoms with Crippen LogP contribution in [0.5, 0.6) is 0 Å². The maximum atomic E-state index is 12.0. The minimum absolute atomic E-state index is 0.195. The van der Waals surface area contributed by atoms with Crippen LogP contribution in [0.3, 0.4) is 0 Å². The summed E-state index contributed by atoms with van der Waals surface area (Å²) in [6.45, 7) is 8.09. The maximum absolute atomic E-state index is 12.0.